The zero-order valence-electron chi connectivity index (χ0n) is 11.9. The van der Waals surface area contributed by atoms with Gasteiger partial charge in [-0.05, 0) is 54.2 Å². The van der Waals surface area contributed by atoms with Crippen LogP contribution in [0.4, 0.5) is 0 Å². The Labute approximate surface area is 126 Å². The summed E-state index contributed by atoms with van der Waals surface area (Å²) in [5.74, 6) is 0. The van der Waals surface area contributed by atoms with E-state index in [9.17, 15) is 0 Å². The third-order valence-electron chi connectivity index (χ3n) is 4.22. The molecule has 0 N–H and O–H groups in total. The van der Waals surface area contributed by atoms with Gasteiger partial charge in [0.1, 0.15) is 0 Å². The summed E-state index contributed by atoms with van der Waals surface area (Å²) in [5, 5.41) is 0.816. The van der Waals surface area contributed by atoms with E-state index in [1.165, 1.54) is 35.2 Å². The maximum atomic E-state index is 5.92. The molecule has 2 aromatic rings. The molecule has 0 aromatic heterocycles. The second-order valence-corrected chi connectivity index (χ2v) is 6.05. The molecule has 3 rings (SSSR count). The minimum absolute atomic E-state index is 0.816. The summed E-state index contributed by atoms with van der Waals surface area (Å²) in [5.41, 5.74) is 5.87. The molecule has 0 aliphatic carbocycles. The Morgan fingerprint density at radius 1 is 1.10 bits per heavy atom. The topological polar surface area (TPSA) is 3.24 Å². The molecule has 0 saturated heterocycles. The van der Waals surface area contributed by atoms with Gasteiger partial charge in [0.2, 0.25) is 0 Å². The molecule has 1 aliphatic heterocycles. The van der Waals surface area contributed by atoms with E-state index in [0.29, 0.717) is 0 Å². The fraction of sp³-hybridized carbons (Fsp3) is 0.333. The maximum Gasteiger partial charge on any atom is 0.0406 e. The number of hydrogen-bond acceptors (Lipinski definition) is 1. The molecular formula is C18H20ClN. The van der Waals surface area contributed by atoms with Gasteiger partial charge in [0.05, 0.1) is 0 Å². The molecule has 0 radical (unpaired) electrons. The van der Waals surface area contributed by atoms with E-state index in [2.05, 4.69) is 42.2 Å². The zero-order valence-corrected chi connectivity index (χ0v) is 12.7. The Kier molecular flexibility index (Phi) is 4.09. The average molecular weight is 286 g/mol. The van der Waals surface area contributed by atoms with Gasteiger partial charge in [-0.25, -0.2) is 0 Å². The van der Waals surface area contributed by atoms with Crippen molar-refractivity contribution >= 4 is 11.6 Å². The van der Waals surface area contributed by atoms with Gasteiger partial charge < -0.3 is 0 Å². The third-order valence-corrected chi connectivity index (χ3v) is 4.47. The molecular weight excluding hydrogens is 266 g/mol. The fourth-order valence-corrected chi connectivity index (χ4v) is 3.06. The van der Waals surface area contributed by atoms with Crippen LogP contribution in [0.15, 0.2) is 42.5 Å². The molecule has 0 atom stereocenters. The maximum absolute atomic E-state index is 5.92. The van der Waals surface area contributed by atoms with Gasteiger partial charge in [0, 0.05) is 24.7 Å². The Morgan fingerprint density at radius 3 is 2.70 bits per heavy atom. The highest BCUT2D eigenvalue weighted by Crippen LogP contribution is 2.22. The molecule has 0 amide bonds. The van der Waals surface area contributed by atoms with E-state index in [0.717, 1.165) is 24.5 Å². The summed E-state index contributed by atoms with van der Waals surface area (Å²) in [7, 11) is 0. The average Bonchev–Trinajstić information content (AvgIpc) is 2.47. The molecule has 0 fully saturated rings. The molecule has 0 saturated carbocycles. The van der Waals surface area contributed by atoms with Crippen LogP contribution in [0.5, 0.6) is 0 Å². The number of benzene rings is 2. The number of rotatable bonds is 3. The minimum atomic E-state index is 0.816. The number of halogens is 1. The zero-order chi connectivity index (χ0) is 13.9. The van der Waals surface area contributed by atoms with Crippen molar-refractivity contribution in [3.63, 3.8) is 0 Å². The van der Waals surface area contributed by atoms with Crippen LogP contribution in [0.25, 0.3) is 0 Å². The van der Waals surface area contributed by atoms with Crippen LogP contribution in [0.3, 0.4) is 0 Å². The van der Waals surface area contributed by atoms with Crippen LogP contribution >= 0.6 is 11.6 Å². The smallest absolute Gasteiger partial charge is 0.0406 e. The van der Waals surface area contributed by atoms with Crippen molar-refractivity contribution in [3.8, 4) is 0 Å². The Morgan fingerprint density at radius 2 is 1.90 bits per heavy atom. The van der Waals surface area contributed by atoms with E-state index in [4.69, 9.17) is 11.6 Å². The molecule has 0 spiro atoms. The second-order valence-electron chi connectivity index (χ2n) is 5.62. The normalized spacial score (nSPS) is 15.1. The summed E-state index contributed by atoms with van der Waals surface area (Å²) >= 11 is 5.92. The van der Waals surface area contributed by atoms with Gasteiger partial charge >= 0.3 is 0 Å². The first-order valence-corrected chi connectivity index (χ1v) is 7.64. The predicted octanol–water partition coefficient (Wildman–Crippen LogP) is 4.25. The number of nitrogens with zero attached hydrogens (tertiary/aromatic N) is 1. The fourth-order valence-electron chi connectivity index (χ4n) is 2.93. The van der Waals surface area contributed by atoms with Gasteiger partial charge in [-0.3, -0.25) is 4.90 Å². The van der Waals surface area contributed by atoms with E-state index >= 15 is 0 Å². The van der Waals surface area contributed by atoms with Crippen molar-refractivity contribution in [1.29, 1.82) is 0 Å². The van der Waals surface area contributed by atoms with Crippen molar-refractivity contribution in [2.24, 2.45) is 0 Å². The lowest BCUT2D eigenvalue weighted by atomic mass is 9.95. The first-order valence-electron chi connectivity index (χ1n) is 7.26. The predicted molar refractivity (Wildman–Crippen MR) is 85.3 cm³/mol. The minimum Gasteiger partial charge on any atom is -0.298 e. The second kappa shape index (κ2) is 5.99. The van der Waals surface area contributed by atoms with Crippen molar-refractivity contribution in [1.82, 2.24) is 4.90 Å². The highest BCUT2D eigenvalue weighted by molar-refractivity contribution is 6.30. The largest absolute Gasteiger partial charge is 0.298 e. The SMILES string of the molecule is Cc1cccc2c1CN(CCc1ccc(Cl)cc1)CC2. The van der Waals surface area contributed by atoms with Crippen LogP contribution in [-0.2, 0) is 19.4 Å². The van der Waals surface area contributed by atoms with E-state index < -0.39 is 0 Å². The molecule has 2 aromatic carbocycles. The van der Waals surface area contributed by atoms with Crippen LogP contribution < -0.4 is 0 Å². The number of aryl methyl sites for hydroxylation is 1. The van der Waals surface area contributed by atoms with Crippen LogP contribution in [-0.4, -0.2) is 18.0 Å². The quantitative estimate of drug-likeness (QED) is 0.815. The molecule has 1 heterocycles. The van der Waals surface area contributed by atoms with Crippen molar-refractivity contribution in [2.45, 2.75) is 26.3 Å². The molecule has 104 valence electrons. The molecule has 20 heavy (non-hydrogen) atoms. The van der Waals surface area contributed by atoms with Gasteiger partial charge in [0.25, 0.3) is 0 Å². The van der Waals surface area contributed by atoms with Crippen molar-refractivity contribution < 1.29 is 0 Å². The Hall–Kier alpha value is -1.31. The van der Waals surface area contributed by atoms with Crippen LogP contribution in [0, 0.1) is 6.92 Å². The Bertz CT molecular complexity index is 589. The first-order chi connectivity index (χ1) is 9.72. The standard InChI is InChI=1S/C18H20ClN/c1-14-3-2-4-16-10-12-20(13-18(14)16)11-9-15-5-7-17(19)8-6-15/h2-8H,9-13H2,1H3. The third kappa shape index (κ3) is 3.05. The van der Waals surface area contributed by atoms with E-state index in [1.807, 2.05) is 12.1 Å². The molecule has 2 heteroatoms. The van der Waals surface area contributed by atoms with E-state index in [-0.39, 0.29) is 0 Å². The summed E-state index contributed by atoms with van der Waals surface area (Å²) < 4.78 is 0. The molecule has 1 nitrogen and oxygen atoms in total. The summed E-state index contributed by atoms with van der Waals surface area (Å²) in [4.78, 5) is 2.56. The van der Waals surface area contributed by atoms with Gasteiger partial charge in [-0.1, -0.05) is 41.9 Å². The van der Waals surface area contributed by atoms with Crippen molar-refractivity contribution in [2.75, 3.05) is 13.1 Å². The lowest BCUT2D eigenvalue weighted by molar-refractivity contribution is 0.257. The first kappa shape index (κ1) is 13.7. The Balaban J connectivity index is 1.63. The summed E-state index contributed by atoms with van der Waals surface area (Å²) in [6.07, 6.45) is 2.27. The van der Waals surface area contributed by atoms with Gasteiger partial charge in [-0.15, -0.1) is 0 Å². The highest BCUT2D eigenvalue weighted by atomic mass is 35.5. The van der Waals surface area contributed by atoms with E-state index in [1.54, 1.807) is 0 Å². The van der Waals surface area contributed by atoms with Crippen LogP contribution in [0.2, 0.25) is 5.02 Å². The van der Waals surface area contributed by atoms with Crippen LogP contribution in [0.1, 0.15) is 22.3 Å². The molecule has 0 bridgehead atoms. The molecule has 0 unspecified atom stereocenters. The lowest BCUT2D eigenvalue weighted by Crippen LogP contribution is -2.32. The highest BCUT2D eigenvalue weighted by Gasteiger charge is 2.16. The lowest BCUT2D eigenvalue weighted by Gasteiger charge is -2.29. The summed E-state index contributed by atoms with van der Waals surface area (Å²) in [6, 6.07) is 14.9. The van der Waals surface area contributed by atoms with Gasteiger partial charge in [0.15, 0.2) is 0 Å². The number of fused-ring (bicyclic) bond motifs is 1. The summed E-state index contributed by atoms with van der Waals surface area (Å²) in [6.45, 7) is 5.61. The monoisotopic (exact) mass is 285 g/mol. The number of hydrogen-bond donors (Lipinski definition) is 0. The van der Waals surface area contributed by atoms with Gasteiger partial charge in [-0.2, -0.15) is 0 Å². The van der Waals surface area contributed by atoms with Crippen molar-refractivity contribution in [3.05, 3.63) is 69.7 Å². The molecule has 1 aliphatic rings.